The highest BCUT2D eigenvalue weighted by Crippen LogP contribution is 2.43. The summed E-state index contributed by atoms with van der Waals surface area (Å²) in [5.41, 5.74) is 3.13. The molecular formula is C21H28N4O3. The molecule has 1 amide bonds. The van der Waals surface area contributed by atoms with Crippen molar-refractivity contribution in [2.75, 3.05) is 39.9 Å². The van der Waals surface area contributed by atoms with Gasteiger partial charge in [-0.1, -0.05) is 0 Å². The Balaban J connectivity index is 1.50. The number of nitrogens with zero attached hydrogens (tertiary/aromatic N) is 3. The Morgan fingerprint density at radius 2 is 2.14 bits per heavy atom. The Hall–Kier alpha value is -2.38. The first kappa shape index (κ1) is 19.0. The fourth-order valence-corrected chi connectivity index (χ4v) is 4.74. The molecule has 28 heavy (non-hydrogen) atoms. The van der Waals surface area contributed by atoms with Crippen LogP contribution in [-0.2, 0) is 11.3 Å². The molecule has 0 radical (unpaired) electrons. The molecule has 2 aromatic rings. The van der Waals surface area contributed by atoms with Crippen LogP contribution in [0.15, 0.2) is 30.5 Å². The number of nitrogens with one attached hydrogen (secondary N) is 1. The molecule has 1 aromatic carbocycles. The van der Waals surface area contributed by atoms with Crippen molar-refractivity contribution >= 4 is 5.91 Å². The van der Waals surface area contributed by atoms with E-state index in [4.69, 9.17) is 4.74 Å². The van der Waals surface area contributed by atoms with Crippen LogP contribution in [-0.4, -0.2) is 70.9 Å². The summed E-state index contributed by atoms with van der Waals surface area (Å²) in [6.45, 7) is 5.80. The van der Waals surface area contributed by atoms with Crippen LogP contribution < -0.4 is 4.74 Å². The van der Waals surface area contributed by atoms with Gasteiger partial charge in [-0.15, -0.1) is 0 Å². The van der Waals surface area contributed by atoms with E-state index in [1.54, 1.807) is 14.0 Å². The predicted octanol–water partition coefficient (Wildman–Crippen LogP) is 1.75. The number of carbonyl (C=O) groups is 1. The molecule has 0 bridgehead atoms. The predicted molar refractivity (Wildman–Crippen MR) is 106 cm³/mol. The lowest BCUT2D eigenvalue weighted by Gasteiger charge is -2.42. The van der Waals surface area contributed by atoms with E-state index in [0.29, 0.717) is 5.92 Å². The first-order valence-corrected chi connectivity index (χ1v) is 9.80. The van der Waals surface area contributed by atoms with Gasteiger partial charge in [0.25, 0.3) is 0 Å². The molecule has 2 atom stereocenters. The van der Waals surface area contributed by atoms with E-state index >= 15 is 0 Å². The molecule has 4 rings (SSSR count). The van der Waals surface area contributed by atoms with Gasteiger partial charge in [0.1, 0.15) is 5.75 Å². The lowest BCUT2D eigenvalue weighted by molar-refractivity contribution is -0.133. The molecule has 2 fully saturated rings. The van der Waals surface area contributed by atoms with Crippen molar-refractivity contribution in [3.8, 4) is 17.0 Å². The third kappa shape index (κ3) is 3.40. The summed E-state index contributed by atoms with van der Waals surface area (Å²) < 4.78 is 5.24. The van der Waals surface area contributed by atoms with Crippen LogP contribution in [0.25, 0.3) is 11.3 Å². The maximum Gasteiger partial charge on any atom is 0.219 e. The summed E-state index contributed by atoms with van der Waals surface area (Å²) in [6.07, 6.45) is 2.75. The van der Waals surface area contributed by atoms with Crippen molar-refractivity contribution in [1.29, 1.82) is 0 Å². The number of aliphatic hydroxyl groups excluding tert-OH is 1. The number of amides is 1. The quantitative estimate of drug-likeness (QED) is 0.821. The van der Waals surface area contributed by atoms with Gasteiger partial charge in [0.2, 0.25) is 5.91 Å². The summed E-state index contributed by atoms with van der Waals surface area (Å²) in [5, 5.41) is 17.5. The molecule has 0 aliphatic carbocycles. The number of likely N-dealkylation sites (tertiary alicyclic amines) is 2. The normalized spacial score (nSPS) is 25.0. The number of methoxy groups -OCH3 is 1. The van der Waals surface area contributed by atoms with E-state index in [2.05, 4.69) is 15.1 Å². The van der Waals surface area contributed by atoms with Gasteiger partial charge >= 0.3 is 0 Å². The molecule has 1 aromatic heterocycles. The van der Waals surface area contributed by atoms with E-state index < -0.39 is 0 Å². The van der Waals surface area contributed by atoms with E-state index in [-0.39, 0.29) is 17.9 Å². The second-order valence-corrected chi connectivity index (χ2v) is 8.10. The summed E-state index contributed by atoms with van der Waals surface area (Å²) in [6, 6.07) is 7.95. The zero-order valence-corrected chi connectivity index (χ0v) is 16.5. The number of aromatic nitrogens is 2. The molecular weight excluding hydrogens is 356 g/mol. The van der Waals surface area contributed by atoms with E-state index in [1.807, 2.05) is 35.4 Å². The molecule has 0 saturated carbocycles. The lowest BCUT2D eigenvalue weighted by Crippen LogP contribution is -2.50. The summed E-state index contributed by atoms with van der Waals surface area (Å²) in [7, 11) is 1.66. The Morgan fingerprint density at radius 1 is 1.36 bits per heavy atom. The smallest absolute Gasteiger partial charge is 0.219 e. The molecule has 2 aliphatic rings. The van der Waals surface area contributed by atoms with Gasteiger partial charge in [0.15, 0.2) is 0 Å². The number of piperidine rings is 1. The average Bonchev–Trinajstić information content (AvgIpc) is 3.32. The fourth-order valence-electron chi connectivity index (χ4n) is 4.74. The third-order valence-electron chi connectivity index (χ3n) is 6.45. The third-order valence-corrected chi connectivity index (χ3v) is 6.45. The SMILES string of the molecule is COc1ccc(-c2[nH]ncc2CN2C[C@H]3CN(C(C)=O)CC[C@@]3(CO)C2)cc1. The van der Waals surface area contributed by atoms with Crippen LogP contribution in [0.1, 0.15) is 18.9 Å². The number of rotatable bonds is 5. The topological polar surface area (TPSA) is 81.7 Å². The van der Waals surface area contributed by atoms with Crippen LogP contribution in [0, 0.1) is 11.3 Å². The van der Waals surface area contributed by atoms with Gasteiger partial charge in [-0.05, 0) is 36.6 Å². The second kappa shape index (κ2) is 7.56. The maximum absolute atomic E-state index is 11.8. The van der Waals surface area contributed by atoms with Gasteiger partial charge in [-0.25, -0.2) is 0 Å². The summed E-state index contributed by atoms with van der Waals surface area (Å²) in [5.74, 6) is 1.27. The Morgan fingerprint density at radius 3 is 2.82 bits per heavy atom. The zero-order chi connectivity index (χ0) is 19.7. The maximum atomic E-state index is 11.8. The minimum atomic E-state index is -0.101. The molecule has 3 heterocycles. The fraction of sp³-hybridized carbons (Fsp3) is 0.524. The Kier molecular flexibility index (Phi) is 5.12. The van der Waals surface area contributed by atoms with Crippen LogP contribution >= 0.6 is 0 Å². The van der Waals surface area contributed by atoms with Crippen molar-refractivity contribution in [1.82, 2.24) is 20.0 Å². The standard InChI is InChI=1S/C21H28N4O3/c1-15(27)25-8-7-21(14-26)13-24(11-18(21)12-25)10-17-9-22-23-20(17)16-3-5-19(28-2)6-4-16/h3-6,9,18,26H,7-8,10-14H2,1-2H3,(H,22,23)/t18-,21-/m0/s1. The number of benzene rings is 1. The van der Waals surface area contributed by atoms with Crippen molar-refractivity contribution in [3.63, 3.8) is 0 Å². The van der Waals surface area contributed by atoms with Crippen LogP contribution in [0.3, 0.4) is 0 Å². The summed E-state index contributed by atoms with van der Waals surface area (Å²) >= 11 is 0. The van der Waals surface area contributed by atoms with Crippen molar-refractivity contribution in [2.24, 2.45) is 11.3 Å². The number of hydrogen-bond acceptors (Lipinski definition) is 5. The van der Waals surface area contributed by atoms with E-state index in [0.717, 1.165) is 61.7 Å². The van der Waals surface area contributed by atoms with Crippen LogP contribution in [0.4, 0.5) is 0 Å². The monoisotopic (exact) mass is 384 g/mol. The zero-order valence-electron chi connectivity index (χ0n) is 16.5. The molecule has 0 unspecified atom stereocenters. The van der Waals surface area contributed by atoms with E-state index in [9.17, 15) is 9.90 Å². The van der Waals surface area contributed by atoms with Gasteiger partial charge in [-0.2, -0.15) is 5.10 Å². The highest BCUT2D eigenvalue weighted by Gasteiger charge is 2.49. The van der Waals surface area contributed by atoms with Crippen molar-refractivity contribution in [3.05, 3.63) is 36.0 Å². The van der Waals surface area contributed by atoms with Crippen molar-refractivity contribution in [2.45, 2.75) is 19.9 Å². The first-order chi connectivity index (χ1) is 13.5. The van der Waals surface area contributed by atoms with Crippen molar-refractivity contribution < 1.29 is 14.6 Å². The molecule has 2 aliphatic heterocycles. The first-order valence-electron chi connectivity index (χ1n) is 9.80. The molecule has 2 saturated heterocycles. The number of ether oxygens (including phenoxy) is 1. The second-order valence-electron chi connectivity index (χ2n) is 8.10. The number of aliphatic hydroxyl groups is 1. The number of carbonyl (C=O) groups excluding carboxylic acids is 1. The molecule has 7 heteroatoms. The average molecular weight is 384 g/mol. The highest BCUT2D eigenvalue weighted by molar-refractivity contribution is 5.73. The number of fused-ring (bicyclic) bond motifs is 1. The highest BCUT2D eigenvalue weighted by atomic mass is 16.5. The van der Waals surface area contributed by atoms with Gasteiger partial charge in [0, 0.05) is 56.2 Å². The lowest BCUT2D eigenvalue weighted by atomic mass is 9.73. The van der Waals surface area contributed by atoms with E-state index in [1.165, 1.54) is 0 Å². The Bertz CT molecular complexity index is 834. The minimum Gasteiger partial charge on any atom is -0.497 e. The molecule has 2 N–H and O–H groups in total. The Labute approximate surface area is 165 Å². The molecule has 7 nitrogen and oxygen atoms in total. The van der Waals surface area contributed by atoms with Crippen LogP contribution in [0.2, 0.25) is 0 Å². The number of hydrogen-bond donors (Lipinski definition) is 2. The summed E-state index contributed by atoms with van der Waals surface area (Å²) in [4.78, 5) is 16.1. The largest absolute Gasteiger partial charge is 0.497 e. The van der Waals surface area contributed by atoms with Crippen LogP contribution in [0.5, 0.6) is 5.75 Å². The van der Waals surface area contributed by atoms with Gasteiger partial charge in [0.05, 0.1) is 25.6 Å². The van der Waals surface area contributed by atoms with Gasteiger partial charge in [-0.3, -0.25) is 14.8 Å². The number of aromatic amines is 1. The minimum absolute atomic E-state index is 0.101. The molecule has 0 spiro atoms. The number of H-pyrrole nitrogens is 1. The van der Waals surface area contributed by atoms with Gasteiger partial charge < -0.3 is 14.7 Å². The molecule has 150 valence electrons.